The molecule has 2 saturated heterocycles. The summed E-state index contributed by atoms with van der Waals surface area (Å²) in [4.78, 5) is 4.31. The van der Waals surface area contributed by atoms with Crippen molar-refractivity contribution in [3.63, 3.8) is 0 Å². The van der Waals surface area contributed by atoms with E-state index in [1.807, 2.05) is 0 Å². The van der Waals surface area contributed by atoms with Gasteiger partial charge >= 0.3 is 0 Å². The molecule has 0 saturated carbocycles. The average Bonchev–Trinajstić information content (AvgIpc) is 3.01. The Morgan fingerprint density at radius 3 is 2.88 bits per heavy atom. The number of hydrogen-bond donors (Lipinski definition) is 2. The minimum absolute atomic E-state index is 0.0576. The summed E-state index contributed by atoms with van der Waals surface area (Å²) in [5.41, 5.74) is -0.963. The molecule has 0 aromatic carbocycles. The van der Waals surface area contributed by atoms with Crippen molar-refractivity contribution in [2.45, 2.75) is 37.4 Å². The molecule has 0 radical (unpaired) electrons. The molecule has 2 fully saturated rings. The standard InChI is InChI=1S/C11H17N3O3/c15-11(3-5-12-6-4-11)10-13-9(14-17-10)8-2-1-7-16-8/h8,12,15H,1-7H2. The number of aliphatic hydroxyl groups is 1. The van der Waals surface area contributed by atoms with Gasteiger partial charge in [-0.2, -0.15) is 4.98 Å². The SMILES string of the molecule is OC1(c2nc(C3CCCO3)no2)CCNCC1. The van der Waals surface area contributed by atoms with Gasteiger partial charge in [0.15, 0.2) is 0 Å². The molecule has 1 aromatic rings. The van der Waals surface area contributed by atoms with E-state index in [1.165, 1.54) is 0 Å². The van der Waals surface area contributed by atoms with Gasteiger partial charge in [0.1, 0.15) is 11.7 Å². The van der Waals surface area contributed by atoms with Crippen LogP contribution in [0.4, 0.5) is 0 Å². The fourth-order valence-corrected chi connectivity index (χ4v) is 2.39. The van der Waals surface area contributed by atoms with E-state index in [1.54, 1.807) is 0 Å². The van der Waals surface area contributed by atoms with Crippen LogP contribution in [0.25, 0.3) is 0 Å². The van der Waals surface area contributed by atoms with E-state index in [0.717, 1.165) is 32.5 Å². The number of ether oxygens (including phenoxy) is 1. The Hall–Kier alpha value is -0.980. The van der Waals surface area contributed by atoms with Crippen molar-refractivity contribution in [1.29, 1.82) is 0 Å². The van der Waals surface area contributed by atoms with Crippen LogP contribution in [0.1, 0.15) is 43.5 Å². The van der Waals surface area contributed by atoms with Gasteiger partial charge in [-0.3, -0.25) is 0 Å². The fourth-order valence-electron chi connectivity index (χ4n) is 2.39. The second-order valence-electron chi connectivity index (χ2n) is 4.74. The lowest BCUT2D eigenvalue weighted by atomic mass is 9.92. The maximum absolute atomic E-state index is 10.4. The van der Waals surface area contributed by atoms with E-state index in [4.69, 9.17) is 9.26 Å². The van der Waals surface area contributed by atoms with Crippen LogP contribution in [0.2, 0.25) is 0 Å². The largest absolute Gasteiger partial charge is 0.380 e. The summed E-state index contributed by atoms with van der Waals surface area (Å²) in [5, 5.41) is 17.5. The third-order valence-electron chi connectivity index (χ3n) is 3.49. The molecule has 2 N–H and O–H groups in total. The first-order chi connectivity index (χ1) is 8.28. The van der Waals surface area contributed by atoms with Gasteiger partial charge in [-0.15, -0.1) is 0 Å². The average molecular weight is 239 g/mol. The Balaban J connectivity index is 1.78. The lowest BCUT2D eigenvalue weighted by molar-refractivity contribution is -0.0228. The molecule has 0 spiro atoms. The molecule has 3 heterocycles. The number of rotatable bonds is 2. The summed E-state index contributed by atoms with van der Waals surface area (Å²) in [7, 11) is 0. The van der Waals surface area contributed by atoms with Gasteiger partial charge in [0.05, 0.1) is 0 Å². The van der Waals surface area contributed by atoms with E-state index in [0.29, 0.717) is 24.6 Å². The fraction of sp³-hybridized carbons (Fsp3) is 0.818. The van der Waals surface area contributed by atoms with E-state index < -0.39 is 5.60 Å². The number of aromatic nitrogens is 2. The first kappa shape index (κ1) is 11.1. The van der Waals surface area contributed by atoms with Crippen molar-refractivity contribution in [3.05, 3.63) is 11.7 Å². The van der Waals surface area contributed by atoms with Gasteiger partial charge in [0, 0.05) is 6.61 Å². The van der Waals surface area contributed by atoms with E-state index in [-0.39, 0.29) is 6.10 Å². The zero-order valence-electron chi connectivity index (χ0n) is 9.69. The first-order valence-electron chi connectivity index (χ1n) is 6.17. The van der Waals surface area contributed by atoms with Gasteiger partial charge in [-0.1, -0.05) is 5.16 Å². The summed E-state index contributed by atoms with van der Waals surface area (Å²) < 4.78 is 10.7. The summed E-state index contributed by atoms with van der Waals surface area (Å²) in [6.07, 6.45) is 3.12. The molecule has 1 aromatic heterocycles. The summed E-state index contributed by atoms with van der Waals surface area (Å²) in [6.45, 7) is 2.30. The minimum atomic E-state index is -0.963. The van der Waals surface area contributed by atoms with Crippen molar-refractivity contribution in [2.24, 2.45) is 0 Å². The molecule has 2 aliphatic heterocycles. The Kier molecular flexibility index (Phi) is 2.85. The van der Waals surface area contributed by atoms with Crippen molar-refractivity contribution in [2.75, 3.05) is 19.7 Å². The van der Waals surface area contributed by atoms with Crippen LogP contribution in [0.5, 0.6) is 0 Å². The smallest absolute Gasteiger partial charge is 0.258 e. The lowest BCUT2D eigenvalue weighted by Gasteiger charge is -2.28. The molecule has 1 unspecified atom stereocenters. The highest BCUT2D eigenvalue weighted by atomic mass is 16.5. The maximum atomic E-state index is 10.4. The third-order valence-corrected chi connectivity index (χ3v) is 3.49. The highest BCUT2D eigenvalue weighted by molar-refractivity contribution is 5.03. The van der Waals surface area contributed by atoms with E-state index in [9.17, 15) is 5.11 Å². The highest BCUT2D eigenvalue weighted by Crippen LogP contribution is 2.32. The van der Waals surface area contributed by atoms with Crippen molar-refractivity contribution >= 4 is 0 Å². The monoisotopic (exact) mass is 239 g/mol. The maximum Gasteiger partial charge on any atom is 0.258 e. The molecule has 2 aliphatic rings. The number of nitrogens with zero attached hydrogens (tertiary/aromatic N) is 2. The predicted octanol–water partition coefficient (Wildman–Crippen LogP) is 0.492. The van der Waals surface area contributed by atoms with E-state index >= 15 is 0 Å². The van der Waals surface area contributed by atoms with Gasteiger partial charge in [-0.25, -0.2) is 0 Å². The number of hydrogen-bond acceptors (Lipinski definition) is 6. The molecule has 94 valence electrons. The molecular formula is C11H17N3O3. The summed E-state index contributed by atoms with van der Waals surface area (Å²) in [5.74, 6) is 0.911. The van der Waals surface area contributed by atoms with Crippen LogP contribution < -0.4 is 5.32 Å². The second-order valence-corrected chi connectivity index (χ2v) is 4.74. The Bertz CT molecular complexity index is 381. The van der Waals surface area contributed by atoms with Crippen molar-refractivity contribution < 1.29 is 14.4 Å². The Morgan fingerprint density at radius 2 is 2.18 bits per heavy atom. The molecule has 1 atom stereocenters. The van der Waals surface area contributed by atoms with Crippen LogP contribution in [0.15, 0.2) is 4.52 Å². The van der Waals surface area contributed by atoms with Gasteiger partial charge in [-0.05, 0) is 38.8 Å². The molecule has 17 heavy (non-hydrogen) atoms. The quantitative estimate of drug-likeness (QED) is 0.782. The number of piperidine rings is 1. The molecule has 0 bridgehead atoms. The Labute approximate surface area is 99.3 Å². The second kappa shape index (κ2) is 4.36. The molecule has 6 heteroatoms. The van der Waals surface area contributed by atoms with Crippen LogP contribution in [0, 0.1) is 0 Å². The van der Waals surface area contributed by atoms with E-state index in [2.05, 4.69) is 15.5 Å². The van der Waals surface area contributed by atoms with Gasteiger partial charge < -0.3 is 19.7 Å². The van der Waals surface area contributed by atoms with Crippen LogP contribution >= 0.6 is 0 Å². The van der Waals surface area contributed by atoms with Crippen LogP contribution in [-0.4, -0.2) is 34.9 Å². The molecule has 6 nitrogen and oxygen atoms in total. The highest BCUT2D eigenvalue weighted by Gasteiger charge is 2.38. The zero-order chi connectivity index (χ0) is 11.7. The zero-order valence-corrected chi connectivity index (χ0v) is 9.69. The van der Waals surface area contributed by atoms with Crippen LogP contribution in [0.3, 0.4) is 0 Å². The topological polar surface area (TPSA) is 80.4 Å². The van der Waals surface area contributed by atoms with Gasteiger partial charge in [0.2, 0.25) is 5.82 Å². The van der Waals surface area contributed by atoms with Gasteiger partial charge in [0.25, 0.3) is 5.89 Å². The third kappa shape index (κ3) is 2.08. The molecule has 0 aliphatic carbocycles. The summed E-state index contributed by atoms with van der Waals surface area (Å²) >= 11 is 0. The van der Waals surface area contributed by atoms with Crippen molar-refractivity contribution in [3.8, 4) is 0 Å². The predicted molar refractivity (Wildman–Crippen MR) is 58.2 cm³/mol. The molecule has 3 rings (SSSR count). The normalized spacial score (nSPS) is 28.4. The Morgan fingerprint density at radius 1 is 1.35 bits per heavy atom. The van der Waals surface area contributed by atoms with Crippen molar-refractivity contribution in [1.82, 2.24) is 15.5 Å². The lowest BCUT2D eigenvalue weighted by Crippen LogP contribution is -2.40. The minimum Gasteiger partial charge on any atom is -0.380 e. The van der Waals surface area contributed by atoms with Crippen LogP contribution in [-0.2, 0) is 10.3 Å². The first-order valence-corrected chi connectivity index (χ1v) is 6.17. The number of nitrogens with one attached hydrogen (secondary N) is 1. The molecule has 0 amide bonds. The molecular weight excluding hydrogens is 222 g/mol. The summed E-state index contributed by atoms with van der Waals surface area (Å²) in [6, 6.07) is 0.